The molecule has 2 aromatic heterocycles. The van der Waals surface area contributed by atoms with Crippen LogP contribution in [-0.4, -0.2) is 42.1 Å². The van der Waals surface area contributed by atoms with Gasteiger partial charge >= 0.3 is 0 Å². The number of anilines is 2. The van der Waals surface area contributed by atoms with E-state index in [9.17, 15) is 22.4 Å². The first-order valence-electron chi connectivity index (χ1n) is 7.35. The van der Waals surface area contributed by atoms with Crippen molar-refractivity contribution in [2.24, 2.45) is 5.73 Å². The number of rotatable bonds is 3. The van der Waals surface area contributed by atoms with Gasteiger partial charge in [-0.1, -0.05) is 0 Å². The van der Waals surface area contributed by atoms with Crippen molar-refractivity contribution in [3.63, 3.8) is 0 Å². The van der Waals surface area contributed by atoms with E-state index in [-0.39, 0.29) is 31.7 Å². The van der Waals surface area contributed by atoms with Crippen molar-refractivity contribution in [3.8, 4) is 0 Å². The second-order valence-electron chi connectivity index (χ2n) is 5.38. The summed E-state index contributed by atoms with van der Waals surface area (Å²) < 4.78 is 54.2. The predicted molar refractivity (Wildman–Crippen MR) is 81.2 cm³/mol. The molecule has 10 heteroatoms. The number of halogens is 4. The van der Waals surface area contributed by atoms with Crippen LogP contribution in [0, 0.1) is 23.5 Å². The van der Waals surface area contributed by atoms with Gasteiger partial charge in [-0.05, 0) is 12.1 Å². The Balaban J connectivity index is 1.83. The van der Waals surface area contributed by atoms with E-state index in [0.717, 1.165) is 0 Å². The van der Waals surface area contributed by atoms with Crippen LogP contribution in [0.4, 0.5) is 29.1 Å². The third kappa shape index (κ3) is 3.06. The Bertz CT molecular complexity index is 798. The molecule has 0 radical (unpaired) electrons. The Morgan fingerprint density at radius 3 is 2.12 bits per heavy atom. The summed E-state index contributed by atoms with van der Waals surface area (Å²) in [7, 11) is 0. The number of aromatic nitrogens is 2. The lowest BCUT2D eigenvalue weighted by Crippen LogP contribution is -2.48. The van der Waals surface area contributed by atoms with E-state index in [1.165, 1.54) is 17.2 Å². The van der Waals surface area contributed by atoms with Gasteiger partial charge in [-0.2, -0.15) is 22.5 Å². The highest BCUT2D eigenvalue weighted by Crippen LogP contribution is 2.28. The van der Waals surface area contributed by atoms with Crippen molar-refractivity contribution in [3.05, 3.63) is 47.4 Å². The average Bonchev–Trinajstić information content (AvgIpc) is 2.61. The molecule has 1 saturated heterocycles. The van der Waals surface area contributed by atoms with E-state index in [0.29, 0.717) is 5.82 Å². The molecule has 1 amide bonds. The van der Waals surface area contributed by atoms with Gasteiger partial charge in [0.1, 0.15) is 11.5 Å². The number of amides is 1. The molecule has 2 N–H and O–H groups in total. The summed E-state index contributed by atoms with van der Waals surface area (Å²) in [5, 5.41) is 0. The number of nitrogens with zero attached hydrogens (tertiary/aromatic N) is 4. The van der Waals surface area contributed by atoms with Crippen molar-refractivity contribution in [1.82, 2.24) is 9.97 Å². The molecule has 0 spiro atoms. The molecule has 0 saturated carbocycles. The zero-order chi connectivity index (χ0) is 18.1. The zero-order valence-corrected chi connectivity index (χ0v) is 12.8. The highest BCUT2D eigenvalue weighted by Gasteiger charge is 2.29. The molecular formula is C15H13F4N5O. The first-order valence-corrected chi connectivity index (χ1v) is 7.35. The van der Waals surface area contributed by atoms with E-state index in [1.54, 1.807) is 11.0 Å². The number of hydrogen-bond donors (Lipinski definition) is 1. The predicted octanol–water partition coefficient (Wildman–Crippen LogP) is 1.46. The topological polar surface area (TPSA) is 75.4 Å². The van der Waals surface area contributed by atoms with Crippen LogP contribution in [0.3, 0.4) is 0 Å². The van der Waals surface area contributed by atoms with Crippen molar-refractivity contribution in [2.45, 2.75) is 0 Å². The second kappa shape index (κ2) is 6.54. The molecule has 0 atom stereocenters. The van der Waals surface area contributed by atoms with Gasteiger partial charge in [-0.3, -0.25) is 4.79 Å². The van der Waals surface area contributed by atoms with Crippen molar-refractivity contribution in [1.29, 1.82) is 0 Å². The molecule has 132 valence electrons. The van der Waals surface area contributed by atoms with E-state index in [4.69, 9.17) is 5.73 Å². The third-order valence-corrected chi connectivity index (χ3v) is 3.92. The summed E-state index contributed by atoms with van der Waals surface area (Å²) >= 11 is 0. The summed E-state index contributed by atoms with van der Waals surface area (Å²) in [5.41, 5.74) is 4.73. The number of carbonyl (C=O) groups excluding carboxylic acids is 1. The maximum atomic E-state index is 13.8. The van der Waals surface area contributed by atoms with Crippen LogP contribution in [0.2, 0.25) is 0 Å². The molecule has 1 aliphatic rings. The minimum atomic E-state index is -1.70. The number of primary amides is 1. The maximum Gasteiger partial charge on any atom is 0.253 e. The summed E-state index contributed by atoms with van der Waals surface area (Å²) in [6.45, 7) is 0.570. The fourth-order valence-electron chi connectivity index (χ4n) is 2.74. The fraction of sp³-hybridized carbons (Fsp3) is 0.267. The highest BCUT2D eigenvalue weighted by molar-refractivity contribution is 5.97. The van der Waals surface area contributed by atoms with Crippen molar-refractivity contribution >= 4 is 17.4 Å². The molecule has 1 fully saturated rings. The lowest BCUT2D eigenvalue weighted by Gasteiger charge is -2.37. The number of carbonyl (C=O) groups is 1. The Kier molecular flexibility index (Phi) is 4.43. The van der Waals surface area contributed by atoms with E-state index < -0.39 is 35.1 Å². The lowest BCUT2D eigenvalue weighted by atomic mass is 10.2. The molecule has 6 nitrogen and oxygen atoms in total. The molecule has 0 bridgehead atoms. The van der Waals surface area contributed by atoms with Gasteiger partial charge in [0.05, 0.1) is 5.56 Å². The number of hydrogen-bond acceptors (Lipinski definition) is 5. The van der Waals surface area contributed by atoms with Crippen molar-refractivity contribution < 1.29 is 22.4 Å². The van der Waals surface area contributed by atoms with E-state index in [1.807, 2.05) is 0 Å². The van der Waals surface area contributed by atoms with E-state index in [2.05, 4.69) is 9.97 Å². The Hall–Kier alpha value is -2.91. The van der Waals surface area contributed by atoms with Gasteiger partial charge in [0.25, 0.3) is 17.8 Å². The van der Waals surface area contributed by atoms with Crippen LogP contribution >= 0.6 is 0 Å². The number of pyridine rings is 2. The summed E-state index contributed by atoms with van der Waals surface area (Å²) in [6.07, 6.45) is 1.49. The van der Waals surface area contributed by atoms with Gasteiger partial charge in [-0.25, -0.2) is 4.98 Å². The molecule has 0 unspecified atom stereocenters. The maximum absolute atomic E-state index is 13.8. The molecule has 1 aliphatic heterocycles. The Morgan fingerprint density at radius 1 is 1.00 bits per heavy atom. The summed E-state index contributed by atoms with van der Waals surface area (Å²) in [4.78, 5) is 21.0. The third-order valence-electron chi connectivity index (χ3n) is 3.92. The van der Waals surface area contributed by atoms with Gasteiger partial charge < -0.3 is 15.5 Å². The second-order valence-corrected chi connectivity index (χ2v) is 5.38. The van der Waals surface area contributed by atoms with Crippen LogP contribution in [0.25, 0.3) is 0 Å². The van der Waals surface area contributed by atoms with Gasteiger partial charge in [0, 0.05) is 32.4 Å². The average molecular weight is 355 g/mol. The molecule has 2 aromatic rings. The van der Waals surface area contributed by atoms with Crippen LogP contribution in [0.15, 0.2) is 18.3 Å². The standard InChI is InChI=1S/C15H13F4N5O/c16-9-11(10(17)13(19)22-12(9)18)23-4-6-24(7-5-23)15-8(14(20)25)2-1-3-21-15/h1-3H,4-7H2,(H2,20,25). The Labute approximate surface area is 139 Å². The Morgan fingerprint density at radius 2 is 1.56 bits per heavy atom. The van der Waals surface area contributed by atoms with E-state index >= 15 is 0 Å². The monoisotopic (exact) mass is 355 g/mol. The molecule has 0 aromatic carbocycles. The SMILES string of the molecule is NC(=O)c1cccnc1N1CCN(c2c(F)c(F)nc(F)c2F)CC1. The quantitative estimate of drug-likeness (QED) is 0.666. The first kappa shape index (κ1) is 16.9. The summed E-state index contributed by atoms with van der Waals surface area (Å²) in [6, 6.07) is 3.08. The van der Waals surface area contributed by atoms with Crippen molar-refractivity contribution in [2.75, 3.05) is 36.0 Å². The largest absolute Gasteiger partial charge is 0.365 e. The van der Waals surface area contributed by atoms with Gasteiger partial charge in [0.15, 0.2) is 0 Å². The van der Waals surface area contributed by atoms with Gasteiger partial charge in [-0.15, -0.1) is 0 Å². The first-order chi connectivity index (χ1) is 11.9. The smallest absolute Gasteiger partial charge is 0.253 e. The van der Waals surface area contributed by atoms with Gasteiger partial charge in [0.2, 0.25) is 11.6 Å². The minimum Gasteiger partial charge on any atom is -0.365 e. The molecule has 3 rings (SSSR count). The fourth-order valence-corrected chi connectivity index (χ4v) is 2.74. The normalized spacial score (nSPS) is 14.7. The van der Waals surface area contributed by atoms with Crippen LogP contribution in [-0.2, 0) is 0 Å². The molecule has 0 aliphatic carbocycles. The molecule has 3 heterocycles. The lowest BCUT2D eigenvalue weighted by molar-refractivity contribution is 0.100. The molecular weight excluding hydrogens is 342 g/mol. The molecule has 25 heavy (non-hydrogen) atoms. The van der Waals surface area contributed by atoms with Crippen LogP contribution in [0.5, 0.6) is 0 Å². The number of piperazine rings is 1. The minimum absolute atomic E-state index is 0.0610. The highest BCUT2D eigenvalue weighted by atomic mass is 19.2. The van der Waals surface area contributed by atoms with Crippen LogP contribution < -0.4 is 15.5 Å². The van der Waals surface area contributed by atoms with Crippen LogP contribution in [0.1, 0.15) is 10.4 Å². The zero-order valence-electron chi connectivity index (χ0n) is 12.8. The summed E-state index contributed by atoms with van der Waals surface area (Å²) in [5.74, 6) is -6.77. The number of nitrogens with two attached hydrogens (primary N) is 1.